The van der Waals surface area contributed by atoms with Crippen molar-refractivity contribution in [2.45, 2.75) is 39.2 Å². The summed E-state index contributed by atoms with van der Waals surface area (Å²) in [4.78, 5) is 13.2. The Hall–Kier alpha value is -0.570. The highest BCUT2D eigenvalue weighted by Crippen LogP contribution is 2.20. The van der Waals surface area contributed by atoms with Gasteiger partial charge in [0.15, 0.2) is 0 Å². The van der Waals surface area contributed by atoms with Crippen LogP contribution >= 0.6 is 0 Å². The molecule has 0 aliphatic carbocycles. The number of nitrogens with zero attached hydrogens (tertiary/aromatic N) is 1. The molecule has 13 heavy (non-hydrogen) atoms. The zero-order chi connectivity index (χ0) is 9.84. The lowest BCUT2D eigenvalue weighted by molar-refractivity contribution is -0.132. The smallest absolute Gasteiger partial charge is 0.222 e. The molecule has 3 heteroatoms. The number of carbonyl (C=O) groups is 1. The second-order valence-corrected chi connectivity index (χ2v) is 3.81. The molecule has 1 saturated heterocycles. The molecule has 0 aromatic heterocycles. The first kappa shape index (κ1) is 10.5. The fourth-order valence-corrected chi connectivity index (χ4v) is 1.85. The monoisotopic (exact) mass is 185 g/mol. The van der Waals surface area contributed by atoms with Crippen LogP contribution in [0, 0.1) is 5.92 Å². The fourth-order valence-electron chi connectivity index (χ4n) is 1.85. The van der Waals surface area contributed by atoms with Gasteiger partial charge in [-0.1, -0.05) is 6.92 Å². The third-order valence-electron chi connectivity index (χ3n) is 2.88. The number of likely N-dealkylation sites (tertiary alicyclic amines) is 1. The lowest BCUT2D eigenvalue weighted by Crippen LogP contribution is -2.40. The maximum absolute atomic E-state index is 11.3. The van der Waals surface area contributed by atoms with Gasteiger partial charge in [0.1, 0.15) is 0 Å². The molecular weight excluding hydrogens is 166 g/mol. The number of rotatable bonds is 2. The Kier molecular flexibility index (Phi) is 3.72. The maximum atomic E-state index is 11.3. The Morgan fingerprint density at radius 2 is 2.08 bits per heavy atom. The van der Waals surface area contributed by atoms with Crippen LogP contribution < -0.4 is 0 Å². The van der Waals surface area contributed by atoms with Crippen molar-refractivity contribution in [3.63, 3.8) is 0 Å². The number of amides is 1. The fraction of sp³-hybridized carbons (Fsp3) is 0.900. The molecular formula is C10H19NO2. The van der Waals surface area contributed by atoms with Crippen LogP contribution in [0.25, 0.3) is 0 Å². The summed E-state index contributed by atoms with van der Waals surface area (Å²) in [5.41, 5.74) is 0. The Balaban J connectivity index is 2.34. The van der Waals surface area contributed by atoms with Gasteiger partial charge >= 0.3 is 0 Å². The van der Waals surface area contributed by atoms with E-state index >= 15 is 0 Å². The van der Waals surface area contributed by atoms with Crippen LogP contribution in [0.5, 0.6) is 0 Å². The molecule has 0 radical (unpaired) electrons. The second kappa shape index (κ2) is 4.61. The van der Waals surface area contributed by atoms with Crippen molar-refractivity contribution in [1.29, 1.82) is 0 Å². The largest absolute Gasteiger partial charge is 0.393 e. The second-order valence-electron chi connectivity index (χ2n) is 3.81. The van der Waals surface area contributed by atoms with Crippen molar-refractivity contribution >= 4 is 5.91 Å². The van der Waals surface area contributed by atoms with Gasteiger partial charge in [-0.2, -0.15) is 0 Å². The molecule has 1 fully saturated rings. The third-order valence-corrected chi connectivity index (χ3v) is 2.88. The van der Waals surface area contributed by atoms with Gasteiger partial charge in [0.2, 0.25) is 5.91 Å². The molecule has 1 rings (SSSR count). The van der Waals surface area contributed by atoms with E-state index in [1.165, 1.54) is 0 Å². The van der Waals surface area contributed by atoms with Crippen LogP contribution in [0.3, 0.4) is 0 Å². The summed E-state index contributed by atoms with van der Waals surface area (Å²) in [6.07, 6.45) is 2.27. The van der Waals surface area contributed by atoms with E-state index in [2.05, 4.69) is 0 Å². The van der Waals surface area contributed by atoms with Crippen molar-refractivity contribution < 1.29 is 9.90 Å². The molecule has 1 atom stereocenters. The number of carbonyl (C=O) groups excluding carboxylic acids is 1. The van der Waals surface area contributed by atoms with E-state index in [9.17, 15) is 9.90 Å². The summed E-state index contributed by atoms with van der Waals surface area (Å²) in [5, 5.41) is 9.36. The molecule has 1 aliphatic rings. The Labute approximate surface area is 79.7 Å². The van der Waals surface area contributed by atoms with Gasteiger partial charge in [0.05, 0.1) is 6.10 Å². The molecule has 1 N–H and O–H groups in total. The first-order chi connectivity index (χ1) is 6.15. The van der Waals surface area contributed by atoms with Gasteiger partial charge in [-0.05, 0) is 25.7 Å². The minimum Gasteiger partial charge on any atom is -0.393 e. The number of hydrogen-bond acceptors (Lipinski definition) is 2. The first-order valence-corrected chi connectivity index (χ1v) is 5.11. The van der Waals surface area contributed by atoms with Crippen LogP contribution in [-0.4, -0.2) is 35.1 Å². The minimum atomic E-state index is -0.223. The summed E-state index contributed by atoms with van der Waals surface area (Å²) in [5.74, 6) is 0.630. The van der Waals surface area contributed by atoms with Gasteiger partial charge in [-0.15, -0.1) is 0 Å². The quantitative estimate of drug-likeness (QED) is 0.697. The zero-order valence-corrected chi connectivity index (χ0v) is 8.49. The van der Waals surface area contributed by atoms with Crippen LogP contribution in [-0.2, 0) is 4.79 Å². The van der Waals surface area contributed by atoms with E-state index in [0.29, 0.717) is 12.3 Å². The number of hydrogen-bond donors (Lipinski definition) is 1. The number of aliphatic hydroxyl groups is 1. The van der Waals surface area contributed by atoms with E-state index in [0.717, 1.165) is 25.9 Å². The summed E-state index contributed by atoms with van der Waals surface area (Å²) in [6, 6.07) is 0. The van der Waals surface area contributed by atoms with Crippen molar-refractivity contribution in [1.82, 2.24) is 4.90 Å². The Bertz CT molecular complexity index is 172. The first-order valence-electron chi connectivity index (χ1n) is 5.11. The number of piperidine rings is 1. The molecule has 3 nitrogen and oxygen atoms in total. The molecule has 1 amide bonds. The van der Waals surface area contributed by atoms with Gasteiger partial charge in [-0.25, -0.2) is 0 Å². The average Bonchev–Trinajstić information content (AvgIpc) is 2.17. The predicted molar refractivity (Wildman–Crippen MR) is 51.3 cm³/mol. The molecule has 1 aliphatic heterocycles. The highest BCUT2D eigenvalue weighted by molar-refractivity contribution is 5.75. The molecule has 0 aromatic rings. The molecule has 1 unspecified atom stereocenters. The van der Waals surface area contributed by atoms with Crippen molar-refractivity contribution in [3.05, 3.63) is 0 Å². The summed E-state index contributed by atoms with van der Waals surface area (Å²) >= 11 is 0. The van der Waals surface area contributed by atoms with Gasteiger partial charge in [-0.3, -0.25) is 4.79 Å². The molecule has 0 bridgehead atoms. The lowest BCUT2D eigenvalue weighted by atomic mass is 9.92. The van der Waals surface area contributed by atoms with E-state index in [1.807, 2.05) is 18.7 Å². The topological polar surface area (TPSA) is 40.5 Å². The van der Waals surface area contributed by atoms with Gasteiger partial charge in [0, 0.05) is 19.5 Å². The van der Waals surface area contributed by atoms with E-state index in [4.69, 9.17) is 0 Å². The number of aliphatic hydroxyl groups excluding tert-OH is 1. The zero-order valence-electron chi connectivity index (χ0n) is 8.49. The van der Waals surface area contributed by atoms with E-state index in [1.54, 1.807) is 0 Å². The standard InChI is InChI=1S/C10H19NO2/c1-3-10(13)11-6-4-9(5-7-11)8(2)12/h8-9,12H,3-7H2,1-2H3. The highest BCUT2D eigenvalue weighted by atomic mass is 16.3. The van der Waals surface area contributed by atoms with E-state index in [-0.39, 0.29) is 12.0 Å². The molecule has 1 heterocycles. The van der Waals surface area contributed by atoms with Crippen LogP contribution in [0.1, 0.15) is 33.1 Å². The van der Waals surface area contributed by atoms with E-state index < -0.39 is 0 Å². The van der Waals surface area contributed by atoms with Crippen molar-refractivity contribution in [3.8, 4) is 0 Å². The normalized spacial score (nSPS) is 21.6. The minimum absolute atomic E-state index is 0.223. The summed E-state index contributed by atoms with van der Waals surface area (Å²) in [7, 11) is 0. The van der Waals surface area contributed by atoms with Crippen LogP contribution in [0.4, 0.5) is 0 Å². The third kappa shape index (κ3) is 2.69. The Morgan fingerprint density at radius 1 is 1.54 bits per heavy atom. The van der Waals surface area contributed by atoms with Gasteiger partial charge in [0.25, 0.3) is 0 Å². The van der Waals surface area contributed by atoms with Crippen LogP contribution in [0.2, 0.25) is 0 Å². The Morgan fingerprint density at radius 3 is 2.46 bits per heavy atom. The average molecular weight is 185 g/mol. The van der Waals surface area contributed by atoms with Crippen molar-refractivity contribution in [2.24, 2.45) is 5.92 Å². The SMILES string of the molecule is CCC(=O)N1CCC(C(C)O)CC1. The molecule has 76 valence electrons. The predicted octanol–water partition coefficient (Wildman–Crippen LogP) is 1.02. The highest BCUT2D eigenvalue weighted by Gasteiger charge is 2.24. The molecule has 0 saturated carbocycles. The van der Waals surface area contributed by atoms with Crippen molar-refractivity contribution in [2.75, 3.05) is 13.1 Å². The van der Waals surface area contributed by atoms with Gasteiger partial charge < -0.3 is 10.0 Å². The maximum Gasteiger partial charge on any atom is 0.222 e. The lowest BCUT2D eigenvalue weighted by Gasteiger charge is -2.33. The molecule has 0 aromatic carbocycles. The summed E-state index contributed by atoms with van der Waals surface area (Å²) in [6.45, 7) is 5.37. The summed E-state index contributed by atoms with van der Waals surface area (Å²) < 4.78 is 0. The molecule has 0 spiro atoms. The van der Waals surface area contributed by atoms with Crippen LogP contribution in [0.15, 0.2) is 0 Å².